The Labute approximate surface area is 103 Å². The molecule has 1 N–H and O–H groups in total. The molecule has 1 aliphatic rings. The molecule has 4 nitrogen and oxygen atoms in total. The number of β-amino-alcohol motifs (C(OH)–C–C–N with tert-alkyl or cyclic N) is 1. The van der Waals surface area contributed by atoms with Gasteiger partial charge >= 0.3 is 0 Å². The molecule has 1 aromatic heterocycles. The first-order chi connectivity index (χ1) is 7.63. The standard InChI is InChI=1S/C10H12ClN3OS/c1-6-2-3-14(5-8(6)15)10-7(4-12)9(11)13-16-10/h6,8,15H,2-3,5H2,1H3. The summed E-state index contributed by atoms with van der Waals surface area (Å²) in [6, 6.07) is 2.06. The van der Waals surface area contributed by atoms with Crippen molar-refractivity contribution >= 4 is 28.1 Å². The predicted octanol–water partition coefficient (Wildman–Crippen LogP) is 1.88. The Kier molecular flexibility index (Phi) is 3.33. The summed E-state index contributed by atoms with van der Waals surface area (Å²) in [4.78, 5) is 1.99. The zero-order chi connectivity index (χ0) is 11.7. The number of halogens is 1. The molecule has 0 aliphatic carbocycles. The van der Waals surface area contributed by atoms with E-state index < -0.39 is 0 Å². The molecule has 1 fully saturated rings. The average Bonchev–Trinajstić information content (AvgIpc) is 2.63. The van der Waals surface area contributed by atoms with Crippen molar-refractivity contribution in [1.29, 1.82) is 5.26 Å². The highest BCUT2D eigenvalue weighted by molar-refractivity contribution is 7.10. The van der Waals surface area contributed by atoms with Crippen molar-refractivity contribution < 1.29 is 5.11 Å². The SMILES string of the molecule is CC1CCN(c2snc(Cl)c2C#N)CC1O. The molecule has 86 valence electrons. The van der Waals surface area contributed by atoms with Crippen LogP contribution in [0.15, 0.2) is 0 Å². The Bertz CT molecular complexity index is 428. The van der Waals surface area contributed by atoms with Gasteiger partial charge in [0.1, 0.15) is 16.6 Å². The lowest BCUT2D eigenvalue weighted by molar-refractivity contribution is 0.103. The number of hydrogen-bond acceptors (Lipinski definition) is 5. The molecule has 2 rings (SSSR count). The first-order valence-electron chi connectivity index (χ1n) is 5.11. The Hall–Kier alpha value is -0.830. The number of aromatic nitrogens is 1. The largest absolute Gasteiger partial charge is 0.391 e. The predicted molar refractivity (Wildman–Crippen MR) is 63.8 cm³/mol. The molecule has 0 bridgehead atoms. The molecule has 0 saturated carbocycles. The van der Waals surface area contributed by atoms with E-state index in [1.54, 1.807) is 0 Å². The molecule has 16 heavy (non-hydrogen) atoms. The van der Waals surface area contributed by atoms with Crippen LogP contribution in [0.4, 0.5) is 5.00 Å². The normalized spacial score (nSPS) is 25.5. The van der Waals surface area contributed by atoms with Crippen LogP contribution in [0.5, 0.6) is 0 Å². The van der Waals surface area contributed by atoms with Gasteiger partial charge in [0, 0.05) is 13.1 Å². The zero-order valence-electron chi connectivity index (χ0n) is 8.85. The van der Waals surface area contributed by atoms with Gasteiger partial charge < -0.3 is 10.0 Å². The van der Waals surface area contributed by atoms with Crippen molar-refractivity contribution in [3.8, 4) is 6.07 Å². The first-order valence-corrected chi connectivity index (χ1v) is 6.27. The molecule has 1 saturated heterocycles. The summed E-state index contributed by atoms with van der Waals surface area (Å²) >= 11 is 7.04. The van der Waals surface area contributed by atoms with Crippen LogP contribution >= 0.6 is 23.1 Å². The second-order valence-corrected chi connectivity index (χ2v) is 5.15. The number of aliphatic hydroxyl groups is 1. The van der Waals surface area contributed by atoms with E-state index in [9.17, 15) is 5.11 Å². The smallest absolute Gasteiger partial charge is 0.162 e. The number of piperidine rings is 1. The van der Waals surface area contributed by atoms with Gasteiger partial charge in [-0.25, -0.2) is 0 Å². The molecule has 6 heteroatoms. The Morgan fingerprint density at radius 3 is 3.06 bits per heavy atom. The van der Waals surface area contributed by atoms with Gasteiger partial charge in [-0.3, -0.25) is 0 Å². The molecule has 0 aromatic carbocycles. The highest BCUT2D eigenvalue weighted by atomic mass is 35.5. The molecule has 2 atom stereocenters. The first kappa shape index (κ1) is 11.6. The summed E-state index contributed by atoms with van der Waals surface area (Å²) in [5.74, 6) is 0.310. The third-order valence-electron chi connectivity index (χ3n) is 2.95. The van der Waals surface area contributed by atoms with Gasteiger partial charge in [-0.1, -0.05) is 18.5 Å². The van der Waals surface area contributed by atoms with E-state index in [2.05, 4.69) is 10.4 Å². The van der Waals surface area contributed by atoms with Gasteiger partial charge in [-0.05, 0) is 23.9 Å². The van der Waals surface area contributed by atoms with Crippen LogP contribution in [0.25, 0.3) is 0 Å². The molecule has 0 spiro atoms. The zero-order valence-corrected chi connectivity index (χ0v) is 10.4. The Balaban J connectivity index is 2.22. The minimum absolute atomic E-state index is 0.260. The molecule has 2 heterocycles. The maximum Gasteiger partial charge on any atom is 0.162 e. The molecule has 0 radical (unpaired) electrons. The lowest BCUT2D eigenvalue weighted by Gasteiger charge is -2.34. The summed E-state index contributed by atoms with van der Waals surface area (Å²) in [7, 11) is 0. The molecule has 1 aromatic rings. The topological polar surface area (TPSA) is 60.2 Å². The van der Waals surface area contributed by atoms with Crippen molar-refractivity contribution in [2.75, 3.05) is 18.0 Å². The Morgan fingerprint density at radius 2 is 2.44 bits per heavy atom. The van der Waals surface area contributed by atoms with Crippen LogP contribution in [0.3, 0.4) is 0 Å². The fourth-order valence-corrected chi connectivity index (χ4v) is 2.87. The minimum atomic E-state index is -0.346. The maximum atomic E-state index is 9.81. The third kappa shape index (κ3) is 2.01. The van der Waals surface area contributed by atoms with Crippen molar-refractivity contribution in [2.24, 2.45) is 5.92 Å². The van der Waals surface area contributed by atoms with Crippen molar-refractivity contribution in [3.05, 3.63) is 10.7 Å². The fraction of sp³-hybridized carbons (Fsp3) is 0.600. The van der Waals surface area contributed by atoms with E-state index >= 15 is 0 Å². The number of nitrogens with zero attached hydrogens (tertiary/aromatic N) is 3. The lowest BCUT2D eigenvalue weighted by atomic mass is 9.96. The van der Waals surface area contributed by atoms with Crippen LogP contribution in [-0.2, 0) is 0 Å². The van der Waals surface area contributed by atoms with E-state index in [-0.39, 0.29) is 11.3 Å². The fourth-order valence-electron chi connectivity index (χ4n) is 1.81. The molecular formula is C10H12ClN3OS. The van der Waals surface area contributed by atoms with Crippen LogP contribution in [-0.4, -0.2) is 28.7 Å². The minimum Gasteiger partial charge on any atom is -0.391 e. The van der Waals surface area contributed by atoms with E-state index in [0.717, 1.165) is 18.0 Å². The van der Waals surface area contributed by atoms with Crippen molar-refractivity contribution in [2.45, 2.75) is 19.4 Å². The summed E-state index contributed by atoms with van der Waals surface area (Å²) < 4.78 is 3.97. The lowest BCUT2D eigenvalue weighted by Crippen LogP contribution is -2.42. The van der Waals surface area contributed by atoms with Crippen LogP contribution in [0.1, 0.15) is 18.9 Å². The maximum absolute atomic E-state index is 9.81. The quantitative estimate of drug-likeness (QED) is 0.835. The molecule has 2 unspecified atom stereocenters. The monoisotopic (exact) mass is 257 g/mol. The molecule has 0 amide bonds. The average molecular weight is 258 g/mol. The van der Waals surface area contributed by atoms with Crippen LogP contribution in [0.2, 0.25) is 5.15 Å². The summed E-state index contributed by atoms with van der Waals surface area (Å²) in [6.07, 6.45) is 0.572. The number of aliphatic hydroxyl groups excluding tert-OH is 1. The highest BCUT2D eigenvalue weighted by Gasteiger charge is 2.27. The number of rotatable bonds is 1. The van der Waals surface area contributed by atoms with E-state index in [1.807, 2.05) is 11.8 Å². The van der Waals surface area contributed by atoms with Gasteiger partial charge in [-0.15, -0.1) is 0 Å². The van der Waals surface area contributed by atoms with Crippen LogP contribution in [0, 0.1) is 17.2 Å². The van der Waals surface area contributed by atoms with Gasteiger partial charge in [0.15, 0.2) is 5.15 Å². The summed E-state index contributed by atoms with van der Waals surface area (Å²) in [6.45, 7) is 3.42. The Morgan fingerprint density at radius 1 is 1.69 bits per heavy atom. The van der Waals surface area contributed by atoms with Crippen molar-refractivity contribution in [1.82, 2.24) is 4.37 Å². The number of anilines is 1. The van der Waals surface area contributed by atoms with Gasteiger partial charge in [-0.2, -0.15) is 9.64 Å². The molecular weight excluding hydrogens is 246 g/mol. The van der Waals surface area contributed by atoms with E-state index in [1.165, 1.54) is 11.5 Å². The van der Waals surface area contributed by atoms with E-state index in [4.69, 9.17) is 16.9 Å². The highest BCUT2D eigenvalue weighted by Crippen LogP contribution is 2.33. The van der Waals surface area contributed by atoms with Gasteiger partial charge in [0.05, 0.1) is 6.10 Å². The third-order valence-corrected chi connectivity index (χ3v) is 4.23. The van der Waals surface area contributed by atoms with Gasteiger partial charge in [0.2, 0.25) is 0 Å². The summed E-state index contributed by atoms with van der Waals surface area (Å²) in [5, 5.41) is 19.8. The summed E-state index contributed by atoms with van der Waals surface area (Å²) in [5.41, 5.74) is 0.424. The number of hydrogen-bond donors (Lipinski definition) is 1. The van der Waals surface area contributed by atoms with E-state index in [0.29, 0.717) is 18.0 Å². The van der Waals surface area contributed by atoms with Crippen LogP contribution < -0.4 is 4.90 Å². The van der Waals surface area contributed by atoms with Crippen molar-refractivity contribution in [3.63, 3.8) is 0 Å². The van der Waals surface area contributed by atoms with Gasteiger partial charge in [0.25, 0.3) is 0 Å². The second kappa shape index (κ2) is 4.58. The number of nitriles is 1. The second-order valence-electron chi connectivity index (χ2n) is 4.04. The molecule has 1 aliphatic heterocycles.